The average molecular weight is 601 g/mol. The zero-order chi connectivity index (χ0) is 29.8. The second-order valence-electron chi connectivity index (χ2n) is 10.1. The van der Waals surface area contributed by atoms with E-state index < -0.39 is 23.6 Å². The molecule has 6 rings (SSSR count). The summed E-state index contributed by atoms with van der Waals surface area (Å²) in [5, 5.41) is 7.82. The monoisotopic (exact) mass is 600 g/mol. The Kier molecular flexibility index (Phi) is 7.99. The van der Waals surface area contributed by atoms with Gasteiger partial charge in [-0.3, -0.25) is 9.59 Å². The van der Waals surface area contributed by atoms with Crippen LogP contribution < -0.4 is 16.0 Å². The van der Waals surface area contributed by atoms with E-state index in [2.05, 4.69) is 27.3 Å². The highest BCUT2D eigenvalue weighted by atomic mass is 35.5. The number of carbonyl (C=O) groups is 2. The summed E-state index contributed by atoms with van der Waals surface area (Å²) in [6.07, 6.45) is 5.79. The summed E-state index contributed by atoms with van der Waals surface area (Å²) in [5.41, 5.74) is 9.41. The minimum atomic E-state index is -1.94. The first-order valence-electron chi connectivity index (χ1n) is 13.7. The number of carbonyl (C=O) groups excluding carboxylic acids is 2. The zero-order valence-corrected chi connectivity index (χ0v) is 23.8. The first kappa shape index (κ1) is 28.3. The number of nitrogens with one attached hydrogen (secondary N) is 1. The second-order valence-corrected chi connectivity index (χ2v) is 10.5. The van der Waals surface area contributed by atoms with E-state index in [1.54, 1.807) is 6.20 Å². The molecular formula is C31H29ClN6O5. The van der Waals surface area contributed by atoms with Gasteiger partial charge >= 0.3 is 11.7 Å². The molecule has 43 heavy (non-hydrogen) atoms. The van der Waals surface area contributed by atoms with Crippen molar-refractivity contribution in [2.24, 2.45) is 5.73 Å². The van der Waals surface area contributed by atoms with Gasteiger partial charge in [-0.2, -0.15) is 5.10 Å². The van der Waals surface area contributed by atoms with Gasteiger partial charge in [-0.1, -0.05) is 54.1 Å². The quantitative estimate of drug-likeness (QED) is 0.298. The van der Waals surface area contributed by atoms with Crippen LogP contribution in [0.25, 0.3) is 17.1 Å². The number of hydrogen-bond acceptors (Lipinski definition) is 8. The fourth-order valence-corrected chi connectivity index (χ4v) is 5.30. The molecule has 1 fully saturated rings. The van der Waals surface area contributed by atoms with Gasteiger partial charge in [-0.05, 0) is 29.8 Å². The van der Waals surface area contributed by atoms with Gasteiger partial charge in [-0.15, -0.1) is 0 Å². The second kappa shape index (κ2) is 12.2. The molecule has 4 aromatic rings. The molecule has 1 atom stereocenters. The van der Waals surface area contributed by atoms with Crippen molar-refractivity contribution in [3.05, 3.63) is 108 Å². The normalized spacial score (nSPS) is 16.3. The molecule has 0 bridgehead atoms. The number of rotatable bonds is 9. The number of benzene rings is 2. The summed E-state index contributed by atoms with van der Waals surface area (Å²) in [6, 6.07) is 19.8. The number of primary amides is 1. The molecule has 0 spiro atoms. The molecule has 12 heteroatoms. The molecule has 2 aliphatic heterocycles. The van der Waals surface area contributed by atoms with E-state index in [0.717, 1.165) is 29.9 Å². The fraction of sp³-hybridized carbons (Fsp3) is 0.226. The van der Waals surface area contributed by atoms with E-state index in [9.17, 15) is 9.59 Å². The van der Waals surface area contributed by atoms with Gasteiger partial charge in [0.2, 0.25) is 0 Å². The Hall–Kier alpha value is -4.87. The minimum absolute atomic E-state index is 0.133. The number of aromatic nitrogens is 3. The molecular weight excluding hydrogens is 572 g/mol. The van der Waals surface area contributed by atoms with Gasteiger partial charge < -0.3 is 30.2 Å². The number of hydrogen-bond donors (Lipinski definition) is 2. The van der Waals surface area contributed by atoms with Crippen molar-refractivity contribution in [2.75, 3.05) is 31.2 Å². The summed E-state index contributed by atoms with van der Waals surface area (Å²) in [6.45, 7) is 3.12. The van der Waals surface area contributed by atoms with E-state index >= 15 is 0 Å². The highest BCUT2D eigenvalue weighted by Gasteiger charge is 2.51. The van der Waals surface area contributed by atoms with Gasteiger partial charge in [0.15, 0.2) is 5.82 Å². The summed E-state index contributed by atoms with van der Waals surface area (Å²) >= 11 is 6.28. The van der Waals surface area contributed by atoms with Crippen LogP contribution in [-0.4, -0.2) is 64.7 Å². The predicted octanol–water partition coefficient (Wildman–Crippen LogP) is 3.47. The number of anilines is 1. The Balaban J connectivity index is 1.27. The Morgan fingerprint density at radius 1 is 1.02 bits per heavy atom. The third kappa shape index (κ3) is 5.90. The standard InChI is InChI=1S/C31H29ClN6O5/c32-23-19-25(29(39)35-27(18-21-4-2-1-3-5-21)31(30(33)40)42-16-17-43-31)28(34-20-23)38-11-10-26(36-38)22-6-8-24(9-7-22)37-12-14-41-15-13-37/h1-11,16-17,19-20,27H,12-15,18H2,(H2,33,40)(H,35,39). The van der Waals surface area contributed by atoms with Crippen LogP contribution in [0.1, 0.15) is 15.9 Å². The molecule has 220 valence electrons. The Labute approximate surface area is 252 Å². The van der Waals surface area contributed by atoms with Gasteiger partial charge in [0.05, 0.1) is 29.5 Å². The number of amides is 2. The summed E-state index contributed by atoms with van der Waals surface area (Å²) < 4.78 is 18.1. The van der Waals surface area contributed by atoms with Gasteiger partial charge in [0.1, 0.15) is 18.6 Å². The molecule has 0 radical (unpaired) electrons. The predicted molar refractivity (Wildman–Crippen MR) is 159 cm³/mol. The average Bonchev–Trinajstić information content (AvgIpc) is 3.74. The number of halogens is 1. The Bertz CT molecular complexity index is 1630. The van der Waals surface area contributed by atoms with Crippen LogP contribution >= 0.6 is 11.6 Å². The van der Waals surface area contributed by atoms with Crippen molar-refractivity contribution in [3.8, 4) is 17.1 Å². The van der Waals surface area contributed by atoms with Crippen molar-refractivity contribution in [3.63, 3.8) is 0 Å². The molecule has 3 N–H and O–H groups in total. The van der Waals surface area contributed by atoms with Crippen LogP contribution in [0.3, 0.4) is 0 Å². The molecule has 2 aromatic carbocycles. The first-order valence-corrected chi connectivity index (χ1v) is 14.1. The summed E-state index contributed by atoms with van der Waals surface area (Å²) in [5.74, 6) is -3.16. The topological polar surface area (TPSA) is 134 Å². The van der Waals surface area contributed by atoms with E-state index in [-0.39, 0.29) is 22.8 Å². The lowest BCUT2D eigenvalue weighted by molar-refractivity contribution is -0.182. The lowest BCUT2D eigenvalue weighted by atomic mass is 9.97. The van der Waals surface area contributed by atoms with Gasteiger partial charge in [0.25, 0.3) is 5.91 Å². The zero-order valence-electron chi connectivity index (χ0n) is 23.1. The van der Waals surface area contributed by atoms with Crippen LogP contribution in [0.15, 0.2) is 91.6 Å². The molecule has 2 aromatic heterocycles. The smallest absolute Gasteiger partial charge is 0.352 e. The maximum absolute atomic E-state index is 13.8. The third-order valence-electron chi connectivity index (χ3n) is 7.36. The van der Waals surface area contributed by atoms with Crippen LogP contribution in [-0.2, 0) is 25.4 Å². The Morgan fingerprint density at radius 3 is 2.44 bits per heavy atom. The minimum Gasteiger partial charge on any atom is -0.447 e. The molecule has 0 saturated carbocycles. The number of nitrogens with two attached hydrogens (primary N) is 1. The third-order valence-corrected chi connectivity index (χ3v) is 7.56. The number of morpholine rings is 1. The molecule has 0 aliphatic carbocycles. The number of ether oxygens (including phenoxy) is 3. The van der Waals surface area contributed by atoms with Gasteiger partial charge in [0, 0.05) is 43.2 Å². The van der Waals surface area contributed by atoms with Crippen molar-refractivity contribution in [1.29, 1.82) is 0 Å². The van der Waals surface area contributed by atoms with Crippen LogP contribution in [0, 0.1) is 0 Å². The molecule has 1 unspecified atom stereocenters. The Morgan fingerprint density at radius 2 is 1.74 bits per heavy atom. The lowest BCUT2D eigenvalue weighted by Crippen LogP contribution is -2.61. The van der Waals surface area contributed by atoms with Crippen molar-refractivity contribution in [2.45, 2.75) is 18.2 Å². The number of nitrogens with zero attached hydrogens (tertiary/aromatic N) is 4. The largest absolute Gasteiger partial charge is 0.447 e. The van der Waals surface area contributed by atoms with E-state index in [4.69, 9.17) is 36.6 Å². The fourth-order valence-electron chi connectivity index (χ4n) is 5.15. The molecule has 1 saturated heterocycles. The van der Waals surface area contributed by atoms with Crippen LogP contribution in [0.2, 0.25) is 5.02 Å². The summed E-state index contributed by atoms with van der Waals surface area (Å²) in [4.78, 5) is 33.1. The summed E-state index contributed by atoms with van der Waals surface area (Å²) in [7, 11) is 0. The molecule has 2 amide bonds. The maximum atomic E-state index is 13.8. The first-order chi connectivity index (χ1) is 20.9. The molecule has 4 heterocycles. The lowest BCUT2D eigenvalue weighted by Gasteiger charge is -2.33. The van der Waals surface area contributed by atoms with Crippen molar-refractivity contribution >= 4 is 29.1 Å². The highest BCUT2D eigenvalue weighted by molar-refractivity contribution is 6.30. The number of pyridine rings is 1. The maximum Gasteiger partial charge on any atom is 0.352 e. The van der Waals surface area contributed by atoms with E-state index in [0.29, 0.717) is 18.9 Å². The van der Waals surface area contributed by atoms with Crippen LogP contribution in [0.4, 0.5) is 5.69 Å². The van der Waals surface area contributed by atoms with Crippen LogP contribution in [0.5, 0.6) is 0 Å². The van der Waals surface area contributed by atoms with E-state index in [1.807, 2.05) is 48.5 Å². The molecule has 2 aliphatic rings. The van der Waals surface area contributed by atoms with Crippen molar-refractivity contribution in [1.82, 2.24) is 20.1 Å². The SMILES string of the molecule is NC(=O)C1(C(Cc2ccccc2)NC(=O)c2cc(Cl)cnc2-n2ccc(-c3ccc(N4CCOCC4)cc3)n2)OC=CO1. The van der Waals surface area contributed by atoms with Gasteiger partial charge in [-0.25, -0.2) is 9.67 Å². The highest BCUT2D eigenvalue weighted by Crippen LogP contribution is 2.28. The van der Waals surface area contributed by atoms with Crippen molar-refractivity contribution < 1.29 is 23.8 Å². The van der Waals surface area contributed by atoms with E-state index in [1.165, 1.54) is 29.5 Å². The molecule has 11 nitrogen and oxygen atoms in total.